The lowest BCUT2D eigenvalue weighted by Crippen LogP contribution is -2.05. The fourth-order valence-electron chi connectivity index (χ4n) is 2.11. The van der Waals surface area contributed by atoms with E-state index in [-0.39, 0.29) is 0 Å². The van der Waals surface area contributed by atoms with Gasteiger partial charge in [0.05, 0.1) is 0 Å². The topological polar surface area (TPSA) is 0 Å². The molecule has 1 aromatic rings. The van der Waals surface area contributed by atoms with Gasteiger partial charge in [0.15, 0.2) is 0 Å². The van der Waals surface area contributed by atoms with Gasteiger partial charge in [0.25, 0.3) is 0 Å². The van der Waals surface area contributed by atoms with Crippen LogP contribution in [0.25, 0.3) is 0 Å². The van der Waals surface area contributed by atoms with Gasteiger partial charge in [-0.3, -0.25) is 0 Å². The minimum absolute atomic E-state index is 0.679. The van der Waals surface area contributed by atoms with Crippen LogP contribution in [0.5, 0.6) is 0 Å². The van der Waals surface area contributed by atoms with E-state index in [2.05, 4.69) is 58.9 Å². The van der Waals surface area contributed by atoms with E-state index in [1.54, 1.807) is 0 Å². The summed E-state index contributed by atoms with van der Waals surface area (Å²) < 4.78 is 0. The number of rotatable bonds is 5. The highest BCUT2D eigenvalue weighted by Gasteiger charge is 2.12. The lowest BCUT2D eigenvalue weighted by atomic mass is 9.86. The van der Waals surface area contributed by atoms with Crippen molar-refractivity contribution < 1.29 is 0 Å². The maximum absolute atomic E-state index is 2.34. The first-order chi connectivity index (χ1) is 7.54. The minimum atomic E-state index is 0.679. The molecule has 0 radical (unpaired) electrons. The normalized spacial score (nSPS) is 15.1. The van der Waals surface area contributed by atoms with Crippen LogP contribution in [0.3, 0.4) is 0 Å². The molecule has 16 heavy (non-hydrogen) atoms. The molecule has 0 aliphatic carbocycles. The molecule has 90 valence electrons. The zero-order chi connectivity index (χ0) is 12.1. The van der Waals surface area contributed by atoms with E-state index in [0.29, 0.717) is 5.92 Å². The summed E-state index contributed by atoms with van der Waals surface area (Å²) in [6.45, 7) is 11.5. The Kier molecular flexibility index (Phi) is 5.05. The second kappa shape index (κ2) is 6.08. The van der Waals surface area contributed by atoms with Crippen molar-refractivity contribution in [2.75, 3.05) is 0 Å². The summed E-state index contributed by atoms with van der Waals surface area (Å²) in [5.41, 5.74) is 2.96. The predicted octanol–water partition coefficient (Wildman–Crippen LogP) is 5.03. The first-order valence-corrected chi connectivity index (χ1v) is 6.63. The number of benzene rings is 1. The molecule has 1 unspecified atom stereocenters. The van der Waals surface area contributed by atoms with Crippen molar-refractivity contribution >= 4 is 0 Å². The maximum atomic E-state index is 2.34. The summed E-state index contributed by atoms with van der Waals surface area (Å²) in [7, 11) is 0. The van der Waals surface area contributed by atoms with Crippen LogP contribution in [0, 0.1) is 11.8 Å². The smallest absolute Gasteiger partial charge is 0.0165 e. The average molecular weight is 218 g/mol. The average Bonchev–Trinajstić information content (AvgIpc) is 2.27. The van der Waals surface area contributed by atoms with Crippen LogP contribution in [0.4, 0.5) is 0 Å². The monoisotopic (exact) mass is 218 g/mol. The Morgan fingerprint density at radius 2 is 1.50 bits per heavy atom. The van der Waals surface area contributed by atoms with Gasteiger partial charge in [-0.2, -0.15) is 0 Å². The highest BCUT2D eigenvalue weighted by Crippen LogP contribution is 2.26. The highest BCUT2D eigenvalue weighted by atomic mass is 14.2. The molecule has 0 nitrogen and oxygen atoms in total. The lowest BCUT2D eigenvalue weighted by molar-refractivity contribution is 0.473. The second-order valence-electron chi connectivity index (χ2n) is 5.51. The zero-order valence-electron chi connectivity index (χ0n) is 11.5. The number of hydrogen-bond acceptors (Lipinski definition) is 0. The standard InChI is InChI=1S/C16H26/c1-6-13(4)14(5)16-9-7-15(8-10-16)11-12(2)3/h7-10,12-14H,6,11H2,1-5H3/t13?,14-/m1/s1. The third-order valence-corrected chi connectivity index (χ3v) is 3.65. The van der Waals surface area contributed by atoms with Gasteiger partial charge in [-0.1, -0.05) is 65.3 Å². The summed E-state index contributed by atoms with van der Waals surface area (Å²) >= 11 is 0. The van der Waals surface area contributed by atoms with E-state index < -0.39 is 0 Å². The Bertz CT molecular complexity index is 294. The van der Waals surface area contributed by atoms with Crippen molar-refractivity contribution in [1.29, 1.82) is 0 Å². The summed E-state index contributed by atoms with van der Waals surface area (Å²) in [4.78, 5) is 0. The van der Waals surface area contributed by atoms with Crippen molar-refractivity contribution in [2.24, 2.45) is 11.8 Å². The quantitative estimate of drug-likeness (QED) is 0.650. The molecule has 1 rings (SSSR count). The first kappa shape index (κ1) is 13.3. The van der Waals surface area contributed by atoms with E-state index in [1.165, 1.54) is 24.0 Å². The molecular formula is C16H26. The van der Waals surface area contributed by atoms with Gasteiger partial charge in [-0.05, 0) is 35.3 Å². The molecule has 0 saturated heterocycles. The van der Waals surface area contributed by atoms with Crippen LogP contribution < -0.4 is 0 Å². The van der Waals surface area contributed by atoms with Crippen molar-refractivity contribution in [3.05, 3.63) is 35.4 Å². The van der Waals surface area contributed by atoms with Gasteiger partial charge in [0, 0.05) is 0 Å². The summed E-state index contributed by atoms with van der Waals surface area (Å²) in [6, 6.07) is 9.23. The van der Waals surface area contributed by atoms with Gasteiger partial charge in [-0.25, -0.2) is 0 Å². The molecule has 0 spiro atoms. The molecule has 0 saturated carbocycles. The minimum Gasteiger partial charge on any atom is -0.0651 e. The van der Waals surface area contributed by atoms with Crippen molar-refractivity contribution in [1.82, 2.24) is 0 Å². The summed E-state index contributed by atoms with van der Waals surface area (Å²) in [5.74, 6) is 2.20. The van der Waals surface area contributed by atoms with Crippen LogP contribution >= 0.6 is 0 Å². The molecule has 0 aliphatic rings. The Morgan fingerprint density at radius 3 is 1.94 bits per heavy atom. The van der Waals surface area contributed by atoms with Gasteiger partial charge < -0.3 is 0 Å². The van der Waals surface area contributed by atoms with E-state index in [4.69, 9.17) is 0 Å². The molecular weight excluding hydrogens is 192 g/mol. The summed E-state index contributed by atoms with van der Waals surface area (Å²) in [6.07, 6.45) is 2.45. The zero-order valence-corrected chi connectivity index (χ0v) is 11.5. The van der Waals surface area contributed by atoms with Crippen LogP contribution in [0.1, 0.15) is 58.1 Å². The van der Waals surface area contributed by atoms with Crippen LogP contribution in [0.15, 0.2) is 24.3 Å². The molecule has 1 aromatic carbocycles. The largest absolute Gasteiger partial charge is 0.0651 e. The van der Waals surface area contributed by atoms with Crippen LogP contribution in [-0.2, 0) is 6.42 Å². The molecule has 0 amide bonds. The molecule has 0 heteroatoms. The fourth-order valence-corrected chi connectivity index (χ4v) is 2.11. The first-order valence-electron chi connectivity index (χ1n) is 6.63. The predicted molar refractivity (Wildman–Crippen MR) is 72.9 cm³/mol. The third-order valence-electron chi connectivity index (χ3n) is 3.65. The Morgan fingerprint density at radius 1 is 0.938 bits per heavy atom. The van der Waals surface area contributed by atoms with Gasteiger partial charge in [0.2, 0.25) is 0 Å². The Hall–Kier alpha value is -0.780. The van der Waals surface area contributed by atoms with Crippen molar-refractivity contribution in [2.45, 2.75) is 53.4 Å². The molecule has 2 atom stereocenters. The molecule has 0 bridgehead atoms. The second-order valence-corrected chi connectivity index (χ2v) is 5.51. The molecule has 0 heterocycles. The summed E-state index contributed by atoms with van der Waals surface area (Å²) in [5, 5.41) is 0. The van der Waals surface area contributed by atoms with Crippen LogP contribution in [0.2, 0.25) is 0 Å². The van der Waals surface area contributed by atoms with Gasteiger partial charge in [0.1, 0.15) is 0 Å². The highest BCUT2D eigenvalue weighted by molar-refractivity contribution is 5.25. The molecule has 0 fully saturated rings. The molecule has 0 aromatic heterocycles. The SMILES string of the molecule is CCC(C)[C@@H](C)c1ccc(CC(C)C)cc1. The lowest BCUT2D eigenvalue weighted by Gasteiger charge is -2.19. The van der Waals surface area contributed by atoms with Crippen LogP contribution in [-0.4, -0.2) is 0 Å². The Balaban J connectivity index is 2.70. The van der Waals surface area contributed by atoms with E-state index >= 15 is 0 Å². The molecule has 0 N–H and O–H groups in total. The number of hydrogen-bond donors (Lipinski definition) is 0. The third kappa shape index (κ3) is 3.66. The maximum Gasteiger partial charge on any atom is -0.0165 e. The van der Waals surface area contributed by atoms with Crippen molar-refractivity contribution in [3.8, 4) is 0 Å². The molecule has 0 aliphatic heterocycles. The van der Waals surface area contributed by atoms with Gasteiger partial charge in [-0.15, -0.1) is 0 Å². The Labute approximate surface area is 101 Å². The fraction of sp³-hybridized carbons (Fsp3) is 0.625. The van der Waals surface area contributed by atoms with E-state index in [9.17, 15) is 0 Å². The van der Waals surface area contributed by atoms with Gasteiger partial charge >= 0.3 is 0 Å². The van der Waals surface area contributed by atoms with E-state index in [1.807, 2.05) is 0 Å². The van der Waals surface area contributed by atoms with E-state index in [0.717, 1.165) is 11.8 Å². The van der Waals surface area contributed by atoms with Crippen molar-refractivity contribution in [3.63, 3.8) is 0 Å².